The fourth-order valence-corrected chi connectivity index (χ4v) is 2.10. The molecule has 5 heteroatoms. The molecule has 0 radical (unpaired) electrons. The van der Waals surface area contributed by atoms with E-state index in [1.165, 1.54) is 11.3 Å². The highest BCUT2D eigenvalue weighted by Gasteiger charge is 2.06. The molecule has 18 heavy (non-hydrogen) atoms. The number of aromatic nitrogens is 1. The van der Waals surface area contributed by atoms with Gasteiger partial charge in [0, 0.05) is 11.1 Å². The zero-order chi connectivity index (χ0) is 13.0. The molecule has 1 aromatic heterocycles. The molecule has 0 aliphatic heterocycles. The predicted octanol–water partition coefficient (Wildman–Crippen LogP) is 2.50. The van der Waals surface area contributed by atoms with E-state index in [1.54, 1.807) is 24.3 Å². The van der Waals surface area contributed by atoms with Gasteiger partial charge in [-0.05, 0) is 31.2 Å². The molecule has 0 spiro atoms. The van der Waals surface area contributed by atoms with Crippen LogP contribution in [0.5, 0.6) is 0 Å². The van der Waals surface area contributed by atoms with Crippen molar-refractivity contribution in [3.8, 4) is 6.07 Å². The van der Waals surface area contributed by atoms with E-state index in [9.17, 15) is 4.79 Å². The lowest BCUT2D eigenvalue weighted by Crippen LogP contribution is -2.14. The smallest absolute Gasteiger partial charge is 0.230 e. The highest BCUT2D eigenvalue weighted by atomic mass is 32.1. The lowest BCUT2D eigenvalue weighted by molar-refractivity contribution is -0.115. The lowest BCUT2D eigenvalue weighted by atomic mass is 10.2. The summed E-state index contributed by atoms with van der Waals surface area (Å²) in [7, 11) is 0. The minimum absolute atomic E-state index is 0.106. The second-order valence-electron chi connectivity index (χ2n) is 3.77. The number of nitriles is 1. The Hall–Kier alpha value is -2.19. The van der Waals surface area contributed by atoms with Gasteiger partial charge in [-0.2, -0.15) is 5.26 Å². The van der Waals surface area contributed by atoms with Crippen LogP contribution in [0.4, 0.5) is 5.69 Å². The minimum Gasteiger partial charge on any atom is -0.326 e. The Morgan fingerprint density at radius 1 is 1.44 bits per heavy atom. The van der Waals surface area contributed by atoms with E-state index >= 15 is 0 Å². The summed E-state index contributed by atoms with van der Waals surface area (Å²) in [5.74, 6) is -0.106. The Morgan fingerprint density at radius 3 is 2.72 bits per heavy atom. The molecule has 0 fully saturated rings. The summed E-state index contributed by atoms with van der Waals surface area (Å²) in [5.41, 5.74) is 2.04. The number of carbonyl (C=O) groups excluding carboxylic acids is 1. The zero-order valence-corrected chi connectivity index (χ0v) is 10.6. The van der Waals surface area contributed by atoms with Gasteiger partial charge in [0.05, 0.1) is 28.8 Å². The highest BCUT2D eigenvalue weighted by Crippen LogP contribution is 2.11. The van der Waals surface area contributed by atoms with Crippen LogP contribution in [0, 0.1) is 18.3 Å². The maximum Gasteiger partial charge on any atom is 0.230 e. The molecule has 1 aromatic carbocycles. The number of thiazole rings is 1. The van der Waals surface area contributed by atoms with Crippen LogP contribution in [-0.4, -0.2) is 10.9 Å². The molecule has 90 valence electrons. The van der Waals surface area contributed by atoms with Gasteiger partial charge in [0.15, 0.2) is 0 Å². The fraction of sp³-hybridized carbons (Fsp3) is 0.154. The third-order valence-corrected chi connectivity index (χ3v) is 3.13. The van der Waals surface area contributed by atoms with E-state index in [4.69, 9.17) is 5.26 Å². The van der Waals surface area contributed by atoms with Crippen LogP contribution < -0.4 is 5.32 Å². The van der Waals surface area contributed by atoms with Crippen LogP contribution in [-0.2, 0) is 11.2 Å². The van der Waals surface area contributed by atoms with Gasteiger partial charge >= 0.3 is 0 Å². The number of aryl methyl sites for hydroxylation is 1. The Bertz CT molecular complexity index is 595. The number of hydrogen-bond acceptors (Lipinski definition) is 4. The van der Waals surface area contributed by atoms with Gasteiger partial charge in [0.1, 0.15) is 0 Å². The molecule has 0 aliphatic rings. The molecule has 2 rings (SSSR count). The van der Waals surface area contributed by atoms with Crippen molar-refractivity contribution in [2.75, 3.05) is 5.32 Å². The summed E-state index contributed by atoms with van der Waals surface area (Å²) < 4.78 is 0. The highest BCUT2D eigenvalue weighted by molar-refractivity contribution is 7.09. The maximum absolute atomic E-state index is 11.7. The summed E-state index contributed by atoms with van der Waals surface area (Å²) in [6.07, 6.45) is 0.268. The molecule has 1 amide bonds. The van der Waals surface area contributed by atoms with E-state index in [2.05, 4.69) is 10.3 Å². The van der Waals surface area contributed by atoms with Gasteiger partial charge in [-0.3, -0.25) is 4.79 Å². The number of nitrogens with one attached hydrogen (secondary N) is 1. The summed E-state index contributed by atoms with van der Waals surface area (Å²) in [5, 5.41) is 14.3. The number of amides is 1. The first-order valence-electron chi connectivity index (χ1n) is 5.38. The first-order valence-corrected chi connectivity index (χ1v) is 6.26. The zero-order valence-electron chi connectivity index (χ0n) is 9.80. The number of hydrogen-bond donors (Lipinski definition) is 1. The molecular formula is C13H11N3OS. The van der Waals surface area contributed by atoms with Crippen molar-refractivity contribution < 1.29 is 4.79 Å². The third-order valence-electron chi connectivity index (χ3n) is 2.31. The van der Waals surface area contributed by atoms with Crippen LogP contribution in [0.2, 0.25) is 0 Å². The van der Waals surface area contributed by atoms with E-state index in [0.29, 0.717) is 11.3 Å². The molecule has 0 atom stereocenters. The maximum atomic E-state index is 11.7. The summed E-state index contributed by atoms with van der Waals surface area (Å²) >= 11 is 1.53. The van der Waals surface area contributed by atoms with Crippen molar-refractivity contribution in [2.45, 2.75) is 13.3 Å². The molecular weight excluding hydrogens is 246 g/mol. The van der Waals surface area contributed by atoms with Crippen molar-refractivity contribution in [3.05, 3.63) is 45.9 Å². The molecule has 0 saturated carbocycles. The molecule has 2 aromatic rings. The van der Waals surface area contributed by atoms with Crippen molar-refractivity contribution >= 4 is 22.9 Å². The van der Waals surface area contributed by atoms with Crippen molar-refractivity contribution in [3.63, 3.8) is 0 Å². The van der Waals surface area contributed by atoms with Gasteiger partial charge in [-0.1, -0.05) is 0 Å². The quantitative estimate of drug-likeness (QED) is 0.918. The average molecular weight is 257 g/mol. The van der Waals surface area contributed by atoms with Crippen LogP contribution in [0.1, 0.15) is 16.3 Å². The van der Waals surface area contributed by atoms with Gasteiger partial charge < -0.3 is 5.32 Å². The summed E-state index contributed by atoms with van der Waals surface area (Å²) in [6, 6.07) is 8.79. The predicted molar refractivity (Wildman–Crippen MR) is 70.3 cm³/mol. The van der Waals surface area contributed by atoms with E-state index in [0.717, 1.165) is 10.7 Å². The molecule has 0 unspecified atom stereocenters. The monoisotopic (exact) mass is 257 g/mol. The number of anilines is 1. The summed E-state index contributed by atoms with van der Waals surface area (Å²) in [6.45, 7) is 1.91. The Balaban J connectivity index is 1.96. The molecule has 4 nitrogen and oxygen atoms in total. The Kier molecular flexibility index (Phi) is 3.70. The van der Waals surface area contributed by atoms with Crippen LogP contribution >= 0.6 is 11.3 Å². The van der Waals surface area contributed by atoms with Crippen LogP contribution in [0.3, 0.4) is 0 Å². The number of rotatable bonds is 3. The first-order chi connectivity index (χ1) is 8.67. The van der Waals surface area contributed by atoms with E-state index in [-0.39, 0.29) is 12.3 Å². The SMILES string of the molecule is Cc1nc(CC(=O)Nc2ccc(C#N)cc2)cs1. The van der Waals surface area contributed by atoms with Crippen LogP contribution in [0.25, 0.3) is 0 Å². The van der Waals surface area contributed by atoms with Crippen molar-refractivity contribution in [1.29, 1.82) is 5.26 Å². The largest absolute Gasteiger partial charge is 0.326 e. The minimum atomic E-state index is -0.106. The number of carbonyl (C=O) groups is 1. The number of benzene rings is 1. The van der Waals surface area contributed by atoms with Crippen molar-refractivity contribution in [2.24, 2.45) is 0 Å². The van der Waals surface area contributed by atoms with Gasteiger partial charge in [0.2, 0.25) is 5.91 Å². The molecule has 0 saturated heterocycles. The second kappa shape index (κ2) is 5.43. The lowest BCUT2D eigenvalue weighted by Gasteiger charge is -2.03. The summed E-state index contributed by atoms with van der Waals surface area (Å²) in [4.78, 5) is 16.0. The third kappa shape index (κ3) is 3.15. The second-order valence-corrected chi connectivity index (χ2v) is 4.83. The van der Waals surface area contributed by atoms with Gasteiger partial charge in [0.25, 0.3) is 0 Å². The molecule has 1 N–H and O–H groups in total. The molecule has 0 bridgehead atoms. The molecule has 1 heterocycles. The van der Waals surface area contributed by atoms with Gasteiger partial charge in [-0.25, -0.2) is 4.98 Å². The fourth-order valence-electron chi connectivity index (χ4n) is 1.49. The first kappa shape index (κ1) is 12.3. The Morgan fingerprint density at radius 2 is 2.17 bits per heavy atom. The van der Waals surface area contributed by atoms with E-state index in [1.807, 2.05) is 18.4 Å². The molecule has 0 aliphatic carbocycles. The topological polar surface area (TPSA) is 65.8 Å². The average Bonchev–Trinajstić information content (AvgIpc) is 2.75. The van der Waals surface area contributed by atoms with Crippen molar-refractivity contribution in [1.82, 2.24) is 4.98 Å². The van der Waals surface area contributed by atoms with Gasteiger partial charge in [-0.15, -0.1) is 11.3 Å². The number of nitrogens with zero attached hydrogens (tertiary/aromatic N) is 2. The normalized spacial score (nSPS) is 9.78. The Labute approximate surface area is 109 Å². The standard InChI is InChI=1S/C13H11N3OS/c1-9-15-12(8-18-9)6-13(17)16-11-4-2-10(7-14)3-5-11/h2-5,8H,6H2,1H3,(H,16,17). The van der Waals surface area contributed by atoms with E-state index < -0.39 is 0 Å². The van der Waals surface area contributed by atoms with Crippen LogP contribution in [0.15, 0.2) is 29.6 Å².